The molecule has 1 heterocycles. The number of aliphatic hydroxyl groups is 1. The van der Waals surface area contributed by atoms with Crippen LogP contribution in [-0.2, 0) is 11.3 Å². The van der Waals surface area contributed by atoms with Crippen molar-refractivity contribution in [1.29, 1.82) is 0 Å². The van der Waals surface area contributed by atoms with Crippen molar-refractivity contribution in [2.45, 2.75) is 25.4 Å². The van der Waals surface area contributed by atoms with Crippen LogP contribution in [0.4, 0.5) is 10.1 Å². The largest absolute Gasteiger partial charge is 0.394 e. The van der Waals surface area contributed by atoms with Gasteiger partial charge in [0.05, 0.1) is 24.9 Å². The molecule has 1 aliphatic rings. The highest BCUT2D eigenvalue weighted by molar-refractivity contribution is 5.56. The molecule has 1 atom stereocenters. The average molecular weight is 282 g/mol. The molecule has 0 aromatic heterocycles. The van der Waals surface area contributed by atoms with Gasteiger partial charge in [0.15, 0.2) is 0 Å². The molecule has 0 spiro atoms. The van der Waals surface area contributed by atoms with Gasteiger partial charge in [-0.1, -0.05) is 12.1 Å². The van der Waals surface area contributed by atoms with Crippen LogP contribution in [0.15, 0.2) is 18.2 Å². The van der Waals surface area contributed by atoms with Crippen LogP contribution < -0.4 is 10.2 Å². The first-order chi connectivity index (χ1) is 9.77. The lowest BCUT2D eigenvalue weighted by Gasteiger charge is -2.28. The van der Waals surface area contributed by atoms with Crippen molar-refractivity contribution in [3.05, 3.63) is 29.6 Å². The van der Waals surface area contributed by atoms with Gasteiger partial charge in [0, 0.05) is 26.7 Å². The molecular weight excluding hydrogens is 259 g/mol. The van der Waals surface area contributed by atoms with Gasteiger partial charge in [-0.25, -0.2) is 4.39 Å². The zero-order valence-corrected chi connectivity index (χ0v) is 11.9. The molecule has 0 bridgehead atoms. The summed E-state index contributed by atoms with van der Waals surface area (Å²) in [5, 5.41) is 12.7. The second-order valence-electron chi connectivity index (χ2n) is 5.09. The summed E-state index contributed by atoms with van der Waals surface area (Å²) in [6.07, 6.45) is 1.91. The number of aliphatic hydroxyl groups excluding tert-OH is 1. The molecule has 0 aliphatic carbocycles. The van der Waals surface area contributed by atoms with E-state index in [0.717, 1.165) is 31.5 Å². The third kappa shape index (κ3) is 3.48. The topological polar surface area (TPSA) is 44.7 Å². The lowest BCUT2D eigenvalue weighted by molar-refractivity contribution is 0.199. The molecule has 20 heavy (non-hydrogen) atoms. The number of nitrogens with zero attached hydrogens (tertiary/aromatic N) is 1. The van der Waals surface area contributed by atoms with Crippen LogP contribution in [0.3, 0.4) is 0 Å². The van der Waals surface area contributed by atoms with Gasteiger partial charge in [-0.2, -0.15) is 0 Å². The summed E-state index contributed by atoms with van der Waals surface area (Å²) < 4.78 is 19.2. The lowest BCUT2D eigenvalue weighted by atomic mass is 10.1. The second-order valence-corrected chi connectivity index (χ2v) is 5.09. The van der Waals surface area contributed by atoms with Crippen molar-refractivity contribution >= 4 is 5.69 Å². The quantitative estimate of drug-likeness (QED) is 0.744. The van der Waals surface area contributed by atoms with Crippen molar-refractivity contribution in [2.75, 3.05) is 38.3 Å². The van der Waals surface area contributed by atoms with E-state index in [0.29, 0.717) is 18.8 Å². The lowest BCUT2D eigenvalue weighted by Crippen LogP contribution is -2.34. The summed E-state index contributed by atoms with van der Waals surface area (Å²) in [6, 6.07) is 5.19. The number of hydrogen-bond donors (Lipinski definition) is 2. The monoisotopic (exact) mass is 282 g/mol. The molecule has 0 amide bonds. The molecule has 2 rings (SSSR count). The van der Waals surface area contributed by atoms with Crippen LogP contribution in [0.25, 0.3) is 0 Å². The van der Waals surface area contributed by atoms with Crippen molar-refractivity contribution < 1.29 is 14.2 Å². The van der Waals surface area contributed by atoms with E-state index in [1.165, 1.54) is 6.07 Å². The number of hydrogen-bond acceptors (Lipinski definition) is 4. The minimum atomic E-state index is -0.212. The van der Waals surface area contributed by atoms with Crippen molar-refractivity contribution in [2.24, 2.45) is 0 Å². The Hall–Kier alpha value is -1.17. The van der Waals surface area contributed by atoms with E-state index in [4.69, 9.17) is 4.74 Å². The smallest absolute Gasteiger partial charge is 0.146 e. The fourth-order valence-electron chi connectivity index (χ4n) is 2.74. The molecule has 1 saturated heterocycles. The highest BCUT2D eigenvalue weighted by Gasteiger charge is 2.27. The predicted molar refractivity (Wildman–Crippen MR) is 77.4 cm³/mol. The molecular formula is C15H23FN2O2. The molecule has 1 unspecified atom stereocenters. The summed E-state index contributed by atoms with van der Waals surface area (Å²) >= 11 is 0. The second kappa shape index (κ2) is 7.57. The maximum absolute atomic E-state index is 14.2. The fraction of sp³-hybridized carbons (Fsp3) is 0.600. The summed E-state index contributed by atoms with van der Waals surface area (Å²) in [6.45, 7) is 2.84. The molecule has 112 valence electrons. The van der Waals surface area contributed by atoms with Gasteiger partial charge in [-0.3, -0.25) is 0 Å². The number of nitrogens with one attached hydrogen (secondary N) is 1. The highest BCUT2D eigenvalue weighted by Crippen LogP contribution is 2.31. The van der Waals surface area contributed by atoms with E-state index in [2.05, 4.69) is 5.32 Å². The normalized spacial score (nSPS) is 18.8. The summed E-state index contributed by atoms with van der Waals surface area (Å²) in [7, 11) is 1.66. The zero-order valence-electron chi connectivity index (χ0n) is 11.9. The van der Waals surface area contributed by atoms with Crippen molar-refractivity contribution in [1.82, 2.24) is 5.32 Å². The predicted octanol–water partition coefficient (Wildman–Crippen LogP) is 1.52. The average Bonchev–Trinajstić information content (AvgIpc) is 2.91. The number of para-hydroxylation sites is 1. The van der Waals surface area contributed by atoms with Crippen LogP contribution in [0.1, 0.15) is 18.4 Å². The first-order valence-corrected chi connectivity index (χ1v) is 7.12. The minimum Gasteiger partial charge on any atom is -0.394 e. The molecule has 1 aromatic carbocycles. The van der Waals surface area contributed by atoms with Gasteiger partial charge < -0.3 is 20.1 Å². The van der Waals surface area contributed by atoms with E-state index in [1.807, 2.05) is 11.0 Å². The van der Waals surface area contributed by atoms with Gasteiger partial charge in [-0.05, 0) is 24.5 Å². The van der Waals surface area contributed by atoms with Gasteiger partial charge in [0.2, 0.25) is 0 Å². The molecule has 1 aliphatic heterocycles. The van der Waals surface area contributed by atoms with Gasteiger partial charge >= 0.3 is 0 Å². The Morgan fingerprint density at radius 3 is 3.10 bits per heavy atom. The number of methoxy groups -OCH3 is 1. The number of ether oxygens (including phenoxy) is 1. The Morgan fingerprint density at radius 1 is 1.50 bits per heavy atom. The van der Waals surface area contributed by atoms with Crippen LogP contribution >= 0.6 is 0 Å². The van der Waals surface area contributed by atoms with E-state index >= 15 is 0 Å². The van der Waals surface area contributed by atoms with Crippen LogP contribution in [0.2, 0.25) is 0 Å². The van der Waals surface area contributed by atoms with Gasteiger partial charge in [0.1, 0.15) is 5.82 Å². The molecule has 5 heteroatoms. The minimum absolute atomic E-state index is 0.0321. The summed E-state index contributed by atoms with van der Waals surface area (Å²) in [4.78, 5) is 2.00. The molecule has 2 N–H and O–H groups in total. The standard InChI is InChI=1S/C15H23FN2O2/c1-20-9-7-17-10-12-4-2-6-14(16)15(12)18-8-3-5-13(18)11-19/h2,4,6,13,17,19H,3,5,7-11H2,1H3. The first-order valence-electron chi connectivity index (χ1n) is 7.12. The Morgan fingerprint density at radius 2 is 2.35 bits per heavy atom. The third-order valence-corrected chi connectivity index (χ3v) is 3.74. The molecule has 1 aromatic rings. The third-order valence-electron chi connectivity index (χ3n) is 3.74. The number of benzene rings is 1. The number of halogens is 1. The van der Waals surface area contributed by atoms with E-state index in [9.17, 15) is 9.50 Å². The molecule has 1 fully saturated rings. The first kappa shape index (κ1) is 15.2. The van der Waals surface area contributed by atoms with Gasteiger partial charge in [0.25, 0.3) is 0 Å². The Bertz CT molecular complexity index is 428. The van der Waals surface area contributed by atoms with Crippen LogP contribution in [0.5, 0.6) is 0 Å². The maximum Gasteiger partial charge on any atom is 0.146 e. The Labute approximate surface area is 119 Å². The van der Waals surface area contributed by atoms with Crippen LogP contribution in [0, 0.1) is 5.82 Å². The molecule has 0 radical (unpaired) electrons. The summed E-state index contributed by atoms with van der Waals surface area (Å²) in [5.74, 6) is -0.212. The Balaban J connectivity index is 2.13. The molecule has 4 nitrogen and oxygen atoms in total. The zero-order chi connectivity index (χ0) is 14.4. The summed E-state index contributed by atoms with van der Waals surface area (Å²) in [5.41, 5.74) is 1.57. The van der Waals surface area contributed by atoms with Crippen molar-refractivity contribution in [3.63, 3.8) is 0 Å². The fourth-order valence-corrected chi connectivity index (χ4v) is 2.74. The highest BCUT2D eigenvalue weighted by atomic mass is 19.1. The molecule has 0 saturated carbocycles. The van der Waals surface area contributed by atoms with Crippen molar-refractivity contribution in [3.8, 4) is 0 Å². The number of rotatable bonds is 7. The van der Waals surface area contributed by atoms with E-state index < -0.39 is 0 Å². The SMILES string of the molecule is COCCNCc1cccc(F)c1N1CCCC1CO. The maximum atomic E-state index is 14.2. The van der Waals surface area contributed by atoms with Gasteiger partial charge in [-0.15, -0.1) is 0 Å². The number of anilines is 1. The van der Waals surface area contributed by atoms with Crippen LogP contribution in [-0.4, -0.2) is 44.6 Å². The van der Waals surface area contributed by atoms with E-state index in [-0.39, 0.29) is 18.5 Å². The Kier molecular flexibility index (Phi) is 5.76. The van der Waals surface area contributed by atoms with E-state index in [1.54, 1.807) is 13.2 Å².